The van der Waals surface area contributed by atoms with Crippen LogP contribution in [0.3, 0.4) is 0 Å². The molecule has 50 valence electrons. The van der Waals surface area contributed by atoms with Crippen molar-refractivity contribution in [3.05, 3.63) is 0 Å². The molecule has 1 aliphatic heterocycles. The maximum Gasteiger partial charge on any atom is 0.150 e. The van der Waals surface area contributed by atoms with Gasteiger partial charge >= 0.3 is 0 Å². The number of terminal acetylenes is 1. The van der Waals surface area contributed by atoms with Gasteiger partial charge in [0.15, 0.2) is 0 Å². The highest BCUT2D eigenvalue weighted by atomic mass is 16.6. The van der Waals surface area contributed by atoms with Crippen molar-refractivity contribution in [1.82, 2.24) is 0 Å². The molecule has 0 saturated carbocycles. The first-order valence-corrected chi connectivity index (χ1v) is 2.93. The monoisotopic (exact) mass is 126 g/mol. The van der Waals surface area contributed by atoms with Crippen LogP contribution < -0.4 is 0 Å². The Morgan fingerprint density at radius 1 is 1.89 bits per heavy atom. The van der Waals surface area contributed by atoms with Crippen LogP contribution in [0.2, 0.25) is 0 Å². The number of aliphatic hydroxyl groups is 1. The van der Waals surface area contributed by atoms with E-state index in [1.807, 2.05) is 6.92 Å². The Labute approximate surface area is 54.8 Å². The van der Waals surface area contributed by atoms with Gasteiger partial charge < -0.3 is 9.84 Å². The fourth-order valence-corrected chi connectivity index (χ4v) is 0.737. The van der Waals surface area contributed by atoms with Gasteiger partial charge in [0, 0.05) is 0 Å². The number of ether oxygens (including phenoxy) is 1. The van der Waals surface area contributed by atoms with E-state index in [-0.39, 0.29) is 6.10 Å². The molecule has 1 rings (SSSR count). The predicted molar refractivity (Wildman–Crippen MR) is 33.8 cm³/mol. The number of epoxide rings is 1. The second kappa shape index (κ2) is 1.73. The predicted octanol–water partition coefficient (Wildman–Crippen LogP) is 0.158. The maximum absolute atomic E-state index is 9.03. The van der Waals surface area contributed by atoms with Gasteiger partial charge in [0.25, 0.3) is 0 Å². The summed E-state index contributed by atoms with van der Waals surface area (Å²) >= 11 is 0. The highest BCUT2D eigenvalue weighted by Crippen LogP contribution is 2.38. The van der Waals surface area contributed by atoms with Gasteiger partial charge in [-0.2, -0.15) is 0 Å². The molecule has 1 fully saturated rings. The highest BCUT2D eigenvalue weighted by molar-refractivity contribution is 5.17. The summed E-state index contributed by atoms with van der Waals surface area (Å²) in [6.45, 7) is 3.49. The fraction of sp³-hybridized carbons (Fsp3) is 0.714. The van der Waals surface area contributed by atoms with Crippen molar-refractivity contribution >= 4 is 0 Å². The van der Waals surface area contributed by atoms with E-state index in [0.29, 0.717) is 0 Å². The SMILES string of the molecule is C#CC1OC1(C)C(C)O. The van der Waals surface area contributed by atoms with Crippen molar-refractivity contribution in [2.45, 2.75) is 31.7 Å². The first-order valence-electron chi connectivity index (χ1n) is 2.93. The van der Waals surface area contributed by atoms with E-state index in [0.717, 1.165) is 0 Å². The molecule has 0 aromatic heterocycles. The van der Waals surface area contributed by atoms with Crippen molar-refractivity contribution in [3.63, 3.8) is 0 Å². The lowest BCUT2D eigenvalue weighted by Gasteiger charge is -2.06. The Morgan fingerprint density at radius 2 is 2.44 bits per heavy atom. The lowest BCUT2D eigenvalue weighted by atomic mass is 10.0. The van der Waals surface area contributed by atoms with Crippen LogP contribution in [0.25, 0.3) is 0 Å². The summed E-state index contributed by atoms with van der Waals surface area (Å²) in [4.78, 5) is 0. The molecule has 0 spiro atoms. The van der Waals surface area contributed by atoms with E-state index < -0.39 is 11.7 Å². The minimum Gasteiger partial charge on any atom is -0.390 e. The molecule has 9 heavy (non-hydrogen) atoms. The number of aliphatic hydroxyl groups excluding tert-OH is 1. The third kappa shape index (κ3) is 0.827. The van der Waals surface area contributed by atoms with E-state index in [1.54, 1.807) is 6.92 Å². The van der Waals surface area contributed by atoms with Crippen LogP contribution in [0.15, 0.2) is 0 Å². The van der Waals surface area contributed by atoms with Crippen molar-refractivity contribution in [1.29, 1.82) is 0 Å². The molecule has 0 aromatic carbocycles. The van der Waals surface area contributed by atoms with Gasteiger partial charge in [0.1, 0.15) is 11.7 Å². The summed E-state index contributed by atoms with van der Waals surface area (Å²) < 4.78 is 5.03. The largest absolute Gasteiger partial charge is 0.390 e. The van der Waals surface area contributed by atoms with Crippen LogP contribution in [-0.4, -0.2) is 22.9 Å². The maximum atomic E-state index is 9.03. The Hall–Kier alpha value is -0.520. The molecular weight excluding hydrogens is 116 g/mol. The quantitative estimate of drug-likeness (QED) is 0.401. The van der Waals surface area contributed by atoms with Gasteiger partial charge in [-0.25, -0.2) is 0 Å². The normalized spacial score (nSPS) is 43.6. The van der Waals surface area contributed by atoms with Crippen molar-refractivity contribution in [2.75, 3.05) is 0 Å². The van der Waals surface area contributed by atoms with E-state index in [9.17, 15) is 0 Å². The standard InChI is InChI=1S/C7H10O2/c1-4-6-7(3,9-6)5(2)8/h1,5-6,8H,2-3H3. The zero-order chi connectivity index (χ0) is 7.07. The summed E-state index contributed by atoms with van der Waals surface area (Å²) in [6, 6.07) is 0. The molecule has 0 radical (unpaired) electrons. The number of rotatable bonds is 1. The van der Waals surface area contributed by atoms with Crippen LogP contribution in [0, 0.1) is 12.3 Å². The summed E-state index contributed by atoms with van der Waals surface area (Å²) in [5.41, 5.74) is -0.464. The Kier molecular flexibility index (Phi) is 1.27. The van der Waals surface area contributed by atoms with Crippen molar-refractivity contribution in [2.24, 2.45) is 0 Å². The molecule has 2 nitrogen and oxygen atoms in total. The van der Waals surface area contributed by atoms with Gasteiger partial charge in [-0.05, 0) is 13.8 Å². The van der Waals surface area contributed by atoms with E-state index >= 15 is 0 Å². The van der Waals surface area contributed by atoms with Crippen LogP contribution in [0.1, 0.15) is 13.8 Å². The second-order valence-electron chi connectivity index (χ2n) is 2.52. The molecular formula is C7H10O2. The van der Waals surface area contributed by atoms with Gasteiger partial charge in [-0.15, -0.1) is 6.42 Å². The third-order valence-corrected chi connectivity index (χ3v) is 1.82. The summed E-state index contributed by atoms with van der Waals surface area (Å²) in [5.74, 6) is 2.43. The summed E-state index contributed by atoms with van der Waals surface area (Å²) in [5, 5.41) is 9.03. The first-order chi connectivity index (χ1) is 4.11. The molecule has 1 heterocycles. The van der Waals surface area contributed by atoms with Gasteiger partial charge in [-0.1, -0.05) is 5.92 Å². The smallest absolute Gasteiger partial charge is 0.150 e. The van der Waals surface area contributed by atoms with Crippen LogP contribution in [-0.2, 0) is 4.74 Å². The fourth-order valence-electron chi connectivity index (χ4n) is 0.737. The molecule has 0 amide bonds. The molecule has 3 atom stereocenters. The highest BCUT2D eigenvalue weighted by Gasteiger charge is 2.55. The Bertz CT molecular complexity index is 157. The second-order valence-corrected chi connectivity index (χ2v) is 2.52. The molecule has 2 heteroatoms. The molecule has 1 saturated heterocycles. The summed E-state index contributed by atoms with van der Waals surface area (Å²) in [6.07, 6.45) is 4.40. The minimum absolute atomic E-state index is 0.183. The van der Waals surface area contributed by atoms with E-state index in [2.05, 4.69) is 5.92 Å². The average Bonchev–Trinajstić information content (AvgIpc) is 2.44. The van der Waals surface area contributed by atoms with Crippen molar-refractivity contribution < 1.29 is 9.84 Å². The molecule has 0 bridgehead atoms. The lowest BCUT2D eigenvalue weighted by Crippen LogP contribution is -2.25. The molecule has 1 aliphatic rings. The van der Waals surface area contributed by atoms with Gasteiger partial charge in [-0.3, -0.25) is 0 Å². The van der Waals surface area contributed by atoms with Gasteiger partial charge in [0.05, 0.1) is 6.10 Å². The van der Waals surface area contributed by atoms with Crippen LogP contribution >= 0.6 is 0 Å². The minimum atomic E-state index is -0.474. The first kappa shape index (κ1) is 6.60. The van der Waals surface area contributed by atoms with Crippen molar-refractivity contribution in [3.8, 4) is 12.3 Å². The summed E-state index contributed by atoms with van der Waals surface area (Å²) in [7, 11) is 0. The van der Waals surface area contributed by atoms with Gasteiger partial charge in [0.2, 0.25) is 0 Å². The molecule has 0 aliphatic carbocycles. The molecule has 1 N–H and O–H groups in total. The zero-order valence-electron chi connectivity index (χ0n) is 5.59. The van der Waals surface area contributed by atoms with E-state index in [4.69, 9.17) is 16.3 Å². The third-order valence-electron chi connectivity index (χ3n) is 1.82. The topological polar surface area (TPSA) is 32.8 Å². The number of hydrogen-bond donors (Lipinski definition) is 1. The molecule has 3 unspecified atom stereocenters. The molecule has 0 aromatic rings. The van der Waals surface area contributed by atoms with E-state index in [1.165, 1.54) is 0 Å². The Balaban J connectivity index is 2.54. The van der Waals surface area contributed by atoms with Crippen LogP contribution in [0.4, 0.5) is 0 Å². The zero-order valence-corrected chi connectivity index (χ0v) is 5.59. The Morgan fingerprint density at radius 3 is 2.56 bits per heavy atom. The number of hydrogen-bond acceptors (Lipinski definition) is 2. The van der Waals surface area contributed by atoms with Crippen LogP contribution in [0.5, 0.6) is 0 Å². The lowest BCUT2D eigenvalue weighted by molar-refractivity contribution is 0.101. The average molecular weight is 126 g/mol.